The molecule has 0 aliphatic rings. The summed E-state index contributed by atoms with van der Waals surface area (Å²) in [4.78, 5) is 4.11. The average molecular weight is 261 g/mol. The molecule has 2 rings (SSSR count). The summed E-state index contributed by atoms with van der Waals surface area (Å²) >= 11 is 6.02. The molecule has 0 saturated heterocycles. The fourth-order valence-electron chi connectivity index (χ4n) is 1.75. The topological polar surface area (TPSA) is 67.6 Å². The first-order chi connectivity index (χ1) is 8.67. The molecule has 0 fully saturated rings. The maximum absolute atomic E-state index is 8.85. The van der Waals surface area contributed by atoms with Gasteiger partial charge in [0.25, 0.3) is 0 Å². The summed E-state index contributed by atoms with van der Waals surface area (Å²) < 4.78 is 1.89. The van der Waals surface area contributed by atoms with E-state index in [4.69, 9.17) is 22.6 Å². The van der Waals surface area contributed by atoms with E-state index in [0.717, 1.165) is 17.8 Å². The van der Waals surface area contributed by atoms with Crippen molar-refractivity contribution in [3.63, 3.8) is 0 Å². The smallest absolute Gasteiger partial charge is 0.101 e. The van der Waals surface area contributed by atoms with Crippen LogP contribution >= 0.6 is 11.6 Å². The highest BCUT2D eigenvalue weighted by Crippen LogP contribution is 2.23. The number of halogens is 1. The molecule has 2 aromatic rings. The highest BCUT2D eigenvalue weighted by atomic mass is 35.5. The van der Waals surface area contributed by atoms with Crippen molar-refractivity contribution >= 4 is 11.6 Å². The van der Waals surface area contributed by atoms with E-state index >= 15 is 0 Å². The Balaban J connectivity index is 2.47. The second-order valence-electron chi connectivity index (χ2n) is 3.98. The molecule has 1 aromatic carbocycles. The zero-order chi connectivity index (χ0) is 13.1. The molecule has 0 aliphatic carbocycles. The van der Waals surface area contributed by atoms with Crippen LogP contribution in [0.25, 0.3) is 5.69 Å². The van der Waals surface area contributed by atoms with Crippen molar-refractivity contribution in [2.45, 2.75) is 19.4 Å². The van der Waals surface area contributed by atoms with Crippen LogP contribution in [0.4, 0.5) is 0 Å². The Labute approximate surface area is 111 Å². The average Bonchev–Trinajstić information content (AvgIpc) is 2.86. The van der Waals surface area contributed by atoms with Gasteiger partial charge in [-0.25, -0.2) is 4.98 Å². The van der Waals surface area contributed by atoms with E-state index < -0.39 is 0 Å². The second kappa shape index (κ2) is 5.21. The van der Waals surface area contributed by atoms with Crippen LogP contribution in [-0.2, 0) is 0 Å². The van der Waals surface area contributed by atoms with E-state index in [1.807, 2.05) is 23.6 Å². The summed E-state index contributed by atoms with van der Waals surface area (Å²) in [6.07, 6.45) is 4.28. The van der Waals surface area contributed by atoms with E-state index in [2.05, 4.69) is 4.98 Å². The highest BCUT2D eigenvalue weighted by molar-refractivity contribution is 6.31. The number of nitrogens with zero attached hydrogens (tertiary/aromatic N) is 3. The fraction of sp³-hybridized carbons (Fsp3) is 0.231. The Hall–Kier alpha value is -1.83. The van der Waals surface area contributed by atoms with Gasteiger partial charge in [0.15, 0.2) is 0 Å². The maximum atomic E-state index is 8.85. The molecule has 0 aliphatic heterocycles. The van der Waals surface area contributed by atoms with Crippen molar-refractivity contribution in [2.75, 3.05) is 0 Å². The minimum atomic E-state index is -0.0677. The van der Waals surface area contributed by atoms with Gasteiger partial charge in [-0.2, -0.15) is 5.26 Å². The number of hydrogen-bond donors (Lipinski definition) is 1. The van der Waals surface area contributed by atoms with Crippen LogP contribution < -0.4 is 5.73 Å². The predicted octanol–water partition coefficient (Wildman–Crippen LogP) is 2.81. The SMILES string of the molecule is CC[C@@H](N)c1cncn1-c1ccc(C#N)c(Cl)c1. The van der Waals surface area contributed by atoms with Crippen LogP contribution in [0.1, 0.15) is 30.6 Å². The molecule has 0 radical (unpaired) electrons. The van der Waals surface area contributed by atoms with Gasteiger partial charge in [0.05, 0.1) is 28.8 Å². The van der Waals surface area contributed by atoms with Gasteiger partial charge in [-0.05, 0) is 24.6 Å². The summed E-state index contributed by atoms with van der Waals surface area (Å²) in [5.41, 5.74) is 8.27. The van der Waals surface area contributed by atoms with Crippen LogP contribution in [0.3, 0.4) is 0 Å². The maximum Gasteiger partial charge on any atom is 0.101 e. The summed E-state index contributed by atoms with van der Waals surface area (Å²) in [6.45, 7) is 2.02. The third-order valence-electron chi connectivity index (χ3n) is 2.84. The van der Waals surface area contributed by atoms with Crippen molar-refractivity contribution in [1.29, 1.82) is 5.26 Å². The zero-order valence-electron chi connectivity index (χ0n) is 9.97. The van der Waals surface area contributed by atoms with Gasteiger partial charge in [-0.1, -0.05) is 18.5 Å². The lowest BCUT2D eigenvalue weighted by Crippen LogP contribution is -2.13. The largest absolute Gasteiger partial charge is 0.323 e. The molecule has 0 amide bonds. The summed E-state index contributed by atoms with van der Waals surface area (Å²) in [7, 11) is 0. The lowest BCUT2D eigenvalue weighted by molar-refractivity contribution is 0.660. The van der Waals surface area contributed by atoms with Gasteiger partial charge in [0.1, 0.15) is 6.07 Å². The molecule has 0 spiro atoms. The highest BCUT2D eigenvalue weighted by Gasteiger charge is 2.11. The van der Waals surface area contributed by atoms with Gasteiger partial charge in [0.2, 0.25) is 0 Å². The first-order valence-electron chi connectivity index (χ1n) is 5.65. The number of nitrogens with two attached hydrogens (primary N) is 1. The molecule has 0 saturated carbocycles. The number of hydrogen-bond acceptors (Lipinski definition) is 3. The number of rotatable bonds is 3. The van der Waals surface area contributed by atoms with Crippen molar-refractivity contribution in [3.8, 4) is 11.8 Å². The van der Waals surface area contributed by atoms with Crippen LogP contribution in [-0.4, -0.2) is 9.55 Å². The molecule has 92 valence electrons. The molecule has 5 heteroatoms. The van der Waals surface area contributed by atoms with Gasteiger partial charge in [0, 0.05) is 11.7 Å². The molecule has 4 nitrogen and oxygen atoms in total. The summed E-state index contributed by atoms with van der Waals surface area (Å²) in [6, 6.07) is 7.24. The van der Waals surface area contributed by atoms with E-state index in [-0.39, 0.29) is 6.04 Å². The van der Waals surface area contributed by atoms with Crippen molar-refractivity contribution in [1.82, 2.24) is 9.55 Å². The first-order valence-corrected chi connectivity index (χ1v) is 6.03. The zero-order valence-corrected chi connectivity index (χ0v) is 10.7. The van der Waals surface area contributed by atoms with Gasteiger partial charge in [-0.3, -0.25) is 0 Å². The monoisotopic (exact) mass is 260 g/mol. The number of benzene rings is 1. The quantitative estimate of drug-likeness (QED) is 0.923. The van der Waals surface area contributed by atoms with Gasteiger partial charge in [-0.15, -0.1) is 0 Å². The minimum Gasteiger partial charge on any atom is -0.323 e. The van der Waals surface area contributed by atoms with Gasteiger partial charge < -0.3 is 10.3 Å². The fourth-order valence-corrected chi connectivity index (χ4v) is 1.97. The Morgan fingerprint density at radius 1 is 1.56 bits per heavy atom. The molecule has 1 aromatic heterocycles. The van der Waals surface area contributed by atoms with Crippen LogP contribution in [0.15, 0.2) is 30.7 Å². The first kappa shape index (κ1) is 12.6. The van der Waals surface area contributed by atoms with E-state index in [1.165, 1.54) is 0 Å². The third kappa shape index (κ3) is 2.23. The lowest BCUT2D eigenvalue weighted by Gasteiger charge is -2.13. The molecule has 1 heterocycles. The Morgan fingerprint density at radius 2 is 2.33 bits per heavy atom. The van der Waals surface area contributed by atoms with Crippen LogP contribution in [0.2, 0.25) is 5.02 Å². The minimum absolute atomic E-state index is 0.0677. The standard InChI is InChI=1S/C13H13ClN4/c1-2-12(16)13-7-17-8-18(13)10-4-3-9(6-15)11(14)5-10/h3-5,7-8,12H,2,16H2,1H3/t12-/m1/s1. The second-order valence-corrected chi connectivity index (χ2v) is 4.39. The Morgan fingerprint density at radius 3 is 2.94 bits per heavy atom. The van der Waals surface area contributed by atoms with Gasteiger partial charge >= 0.3 is 0 Å². The number of aromatic nitrogens is 2. The number of nitriles is 1. The normalized spacial score (nSPS) is 12.1. The van der Waals surface area contributed by atoms with Crippen molar-refractivity contribution in [3.05, 3.63) is 47.0 Å². The molecule has 1 atom stereocenters. The number of imidazole rings is 1. The van der Waals surface area contributed by atoms with Crippen LogP contribution in [0, 0.1) is 11.3 Å². The molecule has 0 unspecified atom stereocenters. The molecule has 18 heavy (non-hydrogen) atoms. The molecule has 0 bridgehead atoms. The predicted molar refractivity (Wildman–Crippen MR) is 70.5 cm³/mol. The van der Waals surface area contributed by atoms with Crippen LogP contribution in [0.5, 0.6) is 0 Å². The van der Waals surface area contributed by atoms with Crippen molar-refractivity contribution < 1.29 is 0 Å². The molecule has 2 N–H and O–H groups in total. The van der Waals surface area contributed by atoms with Crippen molar-refractivity contribution in [2.24, 2.45) is 5.73 Å². The Bertz CT molecular complexity index is 597. The summed E-state index contributed by atoms with van der Waals surface area (Å²) in [5.74, 6) is 0. The van der Waals surface area contributed by atoms with E-state index in [0.29, 0.717) is 10.6 Å². The van der Waals surface area contributed by atoms with E-state index in [1.54, 1.807) is 24.7 Å². The molecular formula is C13H13ClN4. The molecular weight excluding hydrogens is 248 g/mol. The Kier molecular flexibility index (Phi) is 3.66. The third-order valence-corrected chi connectivity index (χ3v) is 3.15. The van der Waals surface area contributed by atoms with E-state index in [9.17, 15) is 0 Å². The summed E-state index contributed by atoms with van der Waals surface area (Å²) in [5, 5.41) is 9.28. The lowest BCUT2D eigenvalue weighted by atomic mass is 10.1.